The number of rotatable bonds is 11. The first-order chi connectivity index (χ1) is 17.6. The van der Waals surface area contributed by atoms with E-state index in [-0.39, 0.29) is 22.8 Å². The highest BCUT2D eigenvalue weighted by atomic mass is 16.5. The topological polar surface area (TPSA) is 93.1 Å². The van der Waals surface area contributed by atoms with Gasteiger partial charge in [-0.05, 0) is 42.7 Å². The molecule has 0 aromatic heterocycles. The summed E-state index contributed by atoms with van der Waals surface area (Å²) in [7, 11) is 0. The molecular weight excluding hydrogens is 456 g/mol. The third-order valence-electron chi connectivity index (χ3n) is 5.67. The number of ketones is 1. The van der Waals surface area contributed by atoms with Crippen molar-refractivity contribution >= 4 is 12.1 Å². The van der Waals surface area contributed by atoms with Crippen molar-refractivity contribution in [2.24, 2.45) is 0 Å². The monoisotopic (exact) mass is 482 g/mol. The minimum atomic E-state index is -0.246. The zero-order valence-electron chi connectivity index (χ0n) is 19.6. The lowest BCUT2D eigenvalue weighted by Crippen LogP contribution is -2.04. The third kappa shape index (κ3) is 5.91. The molecule has 182 valence electrons. The lowest BCUT2D eigenvalue weighted by molar-refractivity contribution is 0.103. The second-order valence-corrected chi connectivity index (χ2v) is 8.16. The van der Waals surface area contributed by atoms with Crippen LogP contribution in [0, 0.1) is 0 Å². The summed E-state index contributed by atoms with van der Waals surface area (Å²) in [5.74, 6) is 0.685. The van der Waals surface area contributed by atoms with Gasteiger partial charge in [-0.3, -0.25) is 9.59 Å². The number of phenolic OH excluding ortho intramolecular Hbond substituents is 2. The number of unbranched alkanes of at least 4 members (excludes halogenated alkanes) is 1. The fraction of sp³-hybridized carbons (Fsp3) is 0.133. The number of benzene rings is 4. The van der Waals surface area contributed by atoms with Gasteiger partial charge >= 0.3 is 0 Å². The SMILES string of the molecule is O=Cc1ccccc1-c1ccc(OCCCCOc2ccc(C(=O)c3ccccc3)c(O)c2)cc1O. The Morgan fingerprint density at radius 3 is 1.94 bits per heavy atom. The van der Waals surface area contributed by atoms with Gasteiger partial charge in [-0.2, -0.15) is 0 Å². The Hall–Kier alpha value is -4.58. The summed E-state index contributed by atoms with van der Waals surface area (Å²) in [5.41, 5.74) is 2.48. The Kier molecular flexibility index (Phi) is 7.98. The standard InChI is InChI=1S/C30H26O6/c31-20-22-10-4-5-11-25(22)26-14-12-23(18-28(26)32)35-16-6-7-17-36-24-13-15-27(29(33)19-24)30(34)21-8-2-1-3-9-21/h1-5,8-15,18-20,32-33H,6-7,16-17H2. The van der Waals surface area contributed by atoms with Crippen LogP contribution in [0.1, 0.15) is 39.1 Å². The minimum absolute atomic E-state index is 0.0409. The van der Waals surface area contributed by atoms with E-state index in [2.05, 4.69) is 0 Å². The number of carbonyl (C=O) groups is 2. The van der Waals surface area contributed by atoms with Crippen molar-refractivity contribution in [1.29, 1.82) is 0 Å². The van der Waals surface area contributed by atoms with Gasteiger partial charge in [0.25, 0.3) is 0 Å². The molecule has 0 saturated carbocycles. The first kappa shape index (κ1) is 24.5. The van der Waals surface area contributed by atoms with Gasteiger partial charge in [0, 0.05) is 28.8 Å². The molecule has 0 unspecified atom stereocenters. The van der Waals surface area contributed by atoms with Crippen LogP contribution in [0.5, 0.6) is 23.0 Å². The maximum absolute atomic E-state index is 12.5. The molecule has 0 aliphatic heterocycles. The van der Waals surface area contributed by atoms with E-state index in [9.17, 15) is 19.8 Å². The summed E-state index contributed by atoms with van der Waals surface area (Å²) in [6.45, 7) is 0.851. The van der Waals surface area contributed by atoms with Crippen molar-refractivity contribution in [3.8, 4) is 34.1 Å². The first-order valence-electron chi connectivity index (χ1n) is 11.6. The minimum Gasteiger partial charge on any atom is -0.507 e. The van der Waals surface area contributed by atoms with Gasteiger partial charge in [0.1, 0.15) is 23.0 Å². The quantitative estimate of drug-likeness (QED) is 0.154. The summed E-state index contributed by atoms with van der Waals surface area (Å²) in [6.07, 6.45) is 2.19. The molecule has 6 nitrogen and oxygen atoms in total. The number of carbonyl (C=O) groups excluding carboxylic acids is 2. The van der Waals surface area contributed by atoms with Crippen LogP contribution in [0.2, 0.25) is 0 Å². The molecule has 0 amide bonds. The Morgan fingerprint density at radius 1 is 0.694 bits per heavy atom. The Labute approximate surface area is 209 Å². The molecule has 0 atom stereocenters. The Bertz CT molecular complexity index is 1350. The maximum Gasteiger partial charge on any atom is 0.196 e. The number of phenols is 2. The molecule has 0 fully saturated rings. The fourth-order valence-electron chi connectivity index (χ4n) is 3.80. The lowest BCUT2D eigenvalue weighted by atomic mass is 9.99. The molecule has 4 aromatic carbocycles. The summed E-state index contributed by atoms with van der Waals surface area (Å²) >= 11 is 0. The van der Waals surface area contributed by atoms with E-state index >= 15 is 0 Å². The van der Waals surface area contributed by atoms with Crippen LogP contribution in [0.4, 0.5) is 0 Å². The molecule has 4 rings (SSSR count). The van der Waals surface area contributed by atoms with Gasteiger partial charge in [-0.25, -0.2) is 0 Å². The summed E-state index contributed by atoms with van der Waals surface area (Å²) < 4.78 is 11.4. The van der Waals surface area contributed by atoms with Crippen molar-refractivity contribution in [2.45, 2.75) is 12.8 Å². The molecule has 2 N–H and O–H groups in total. The molecule has 0 bridgehead atoms. The number of ether oxygens (including phenoxy) is 2. The number of hydrogen-bond donors (Lipinski definition) is 2. The van der Waals surface area contributed by atoms with E-state index in [4.69, 9.17) is 9.47 Å². The Morgan fingerprint density at radius 2 is 1.31 bits per heavy atom. The highest BCUT2D eigenvalue weighted by Gasteiger charge is 2.14. The molecule has 36 heavy (non-hydrogen) atoms. The summed E-state index contributed by atoms with van der Waals surface area (Å²) in [4.78, 5) is 23.8. The zero-order chi connectivity index (χ0) is 25.3. The molecule has 0 radical (unpaired) electrons. The van der Waals surface area contributed by atoms with Crippen LogP contribution < -0.4 is 9.47 Å². The Balaban J connectivity index is 1.23. The van der Waals surface area contributed by atoms with E-state index in [0.29, 0.717) is 59.8 Å². The summed E-state index contributed by atoms with van der Waals surface area (Å²) in [5, 5.41) is 20.7. The van der Waals surface area contributed by atoms with Gasteiger partial charge in [0.05, 0.1) is 18.8 Å². The molecule has 0 aliphatic carbocycles. The van der Waals surface area contributed by atoms with Crippen molar-refractivity contribution in [3.63, 3.8) is 0 Å². The summed E-state index contributed by atoms with van der Waals surface area (Å²) in [6, 6.07) is 25.6. The average Bonchev–Trinajstić information content (AvgIpc) is 2.91. The molecule has 0 aliphatic rings. The highest BCUT2D eigenvalue weighted by Crippen LogP contribution is 2.34. The van der Waals surface area contributed by atoms with Crippen LogP contribution in [0.25, 0.3) is 11.1 Å². The normalized spacial score (nSPS) is 10.6. The maximum atomic E-state index is 12.5. The second-order valence-electron chi connectivity index (χ2n) is 8.16. The van der Waals surface area contributed by atoms with E-state index in [1.54, 1.807) is 66.7 Å². The first-order valence-corrected chi connectivity index (χ1v) is 11.6. The van der Waals surface area contributed by atoms with Crippen LogP contribution in [-0.4, -0.2) is 35.5 Å². The molecule has 0 saturated heterocycles. The molecule has 6 heteroatoms. The number of aldehydes is 1. The average molecular weight is 483 g/mol. The van der Waals surface area contributed by atoms with E-state index in [1.807, 2.05) is 12.1 Å². The predicted octanol–water partition coefficient (Wildman–Crippen LogP) is 6.05. The van der Waals surface area contributed by atoms with E-state index in [0.717, 1.165) is 6.29 Å². The predicted molar refractivity (Wildman–Crippen MR) is 137 cm³/mol. The highest BCUT2D eigenvalue weighted by molar-refractivity contribution is 6.10. The van der Waals surface area contributed by atoms with Crippen molar-refractivity contribution in [2.75, 3.05) is 13.2 Å². The van der Waals surface area contributed by atoms with Crippen LogP contribution in [0.15, 0.2) is 91.0 Å². The van der Waals surface area contributed by atoms with Gasteiger partial charge in [0.2, 0.25) is 0 Å². The molecular formula is C30H26O6. The van der Waals surface area contributed by atoms with Gasteiger partial charge in [-0.1, -0.05) is 54.6 Å². The largest absolute Gasteiger partial charge is 0.507 e. The lowest BCUT2D eigenvalue weighted by Gasteiger charge is -2.11. The van der Waals surface area contributed by atoms with Gasteiger partial charge < -0.3 is 19.7 Å². The number of aromatic hydroxyl groups is 2. The van der Waals surface area contributed by atoms with Crippen molar-refractivity contribution in [3.05, 3.63) is 108 Å². The zero-order valence-corrected chi connectivity index (χ0v) is 19.6. The van der Waals surface area contributed by atoms with Crippen molar-refractivity contribution < 1.29 is 29.3 Å². The molecule has 0 heterocycles. The van der Waals surface area contributed by atoms with E-state index in [1.165, 1.54) is 12.1 Å². The number of hydrogen-bond acceptors (Lipinski definition) is 6. The van der Waals surface area contributed by atoms with Crippen LogP contribution >= 0.6 is 0 Å². The van der Waals surface area contributed by atoms with Crippen molar-refractivity contribution in [1.82, 2.24) is 0 Å². The van der Waals surface area contributed by atoms with E-state index < -0.39 is 0 Å². The smallest absolute Gasteiger partial charge is 0.196 e. The van der Waals surface area contributed by atoms with Crippen LogP contribution in [0.3, 0.4) is 0 Å². The molecule has 4 aromatic rings. The second kappa shape index (κ2) is 11.7. The third-order valence-corrected chi connectivity index (χ3v) is 5.67. The fourth-order valence-corrected chi connectivity index (χ4v) is 3.80. The van der Waals surface area contributed by atoms with Gasteiger partial charge in [-0.15, -0.1) is 0 Å². The molecule has 0 spiro atoms. The van der Waals surface area contributed by atoms with Crippen LogP contribution in [-0.2, 0) is 0 Å². The van der Waals surface area contributed by atoms with Gasteiger partial charge in [0.15, 0.2) is 12.1 Å².